The van der Waals surface area contributed by atoms with Gasteiger partial charge < -0.3 is 9.32 Å². The Kier molecular flexibility index (Phi) is 5.33. The van der Waals surface area contributed by atoms with Gasteiger partial charge in [-0.2, -0.15) is 4.31 Å². The molecule has 1 amide bonds. The molecule has 0 spiro atoms. The van der Waals surface area contributed by atoms with Gasteiger partial charge in [-0.15, -0.1) is 0 Å². The number of rotatable bonds is 3. The molecule has 0 radical (unpaired) electrons. The number of carbonyl (C=O) groups is 1. The second-order valence-corrected chi connectivity index (χ2v) is 9.66. The van der Waals surface area contributed by atoms with Crippen molar-refractivity contribution >= 4 is 50.1 Å². The molecule has 1 aromatic heterocycles. The molecule has 9 heteroatoms. The number of piperazine rings is 1. The third-order valence-corrected chi connectivity index (χ3v) is 7.47. The summed E-state index contributed by atoms with van der Waals surface area (Å²) in [6.07, 6.45) is 0. The van der Waals surface area contributed by atoms with Gasteiger partial charge in [-0.25, -0.2) is 8.42 Å². The molecule has 0 aliphatic carbocycles. The van der Waals surface area contributed by atoms with E-state index in [0.29, 0.717) is 15.6 Å². The fraction of sp³-hybridized carbons (Fsp3) is 0.250. The van der Waals surface area contributed by atoms with Crippen molar-refractivity contribution in [1.82, 2.24) is 9.21 Å². The quantitative estimate of drug-likeness (QED) is 0.596. The van der Waals surface area contributed by atoms with Gasteiger partial charge in [0.25, 0.3) is 5.91 Å². The first kappa shape index (κ1) is 20.2. The highest BCUT2D eigenvalue weighted by molar-refractivity contribution is 7.89. The van der Waals surface area contributed by atoms with Crippen LogP contribution in [0.1, 0.15) is 16.1 Å². The lowest BCUT2D eigenvalue weighted by atomic mass is 10.1. The second kappa shape index (κ2) is 7.65. The van der Waals surface area contributed by atoms with Gasteiger partial charge in [-0.05, 0) is 49.4 Å². The number of carbonyl (C=O) groups excluding carboxylic acids is 1. The van der Waals surface area contributed by atoms with E-state index in [1.54, 1.807) is 35.2 Å². The standard InChI is InChI=1S/C20H18Cl2N2O4S/c1-13-17-12-15(22)4-7-18(17)28-19(13)20(25)23-8-10-24(11-9-23)29(26,27)16-5-2-14(21)3-6-16/h2-7,12H,8-11H2,1H3. The van der Waals surface area contributed by atoms with Crippen LogP contribution in [0.5, 0.6) is 0 Å². The lowest BCUT2D eigenvalue weighted by molar-refractivity contribution is 0.0667. The summed E-state index contributed by atoms with van der Waals surface area (Å²) in [5, 5.41) is 1.84. The number of amides is 1. The van der Waals surface area contributed by atoms with Gasteiger partial charge in [0.15, 0.2) is 5.76 Å². The third kappa shape index (κ3) is 3.75. The van der Waals surface area contributed by atoms with E-state index in [-0.39, 0.29) is 42.7 Å². The van der Waals surface area contributed by atoms with E-state index in [0.717, 1.165) is 10.9 Å². The number of halogens is 2. The van der Waals surface area contributed by atoms with Crippen LogP contribution in [0.25, 0.3) is 11.0 Å². The van der Waals surface area contributed by atoms with Gasteiger partial charge in [0, 0.05) is 47.2 Å². The molecule has 6 nitrogen and oxygen atoms in total. The molecule has 1 saturated heterocycles. The molecule has 0 N–H and O–H groups in total. The van der Waals surface area contributed by atoms with E-state index in [1.165, 1.54) is 16.4 Å². The summed E-state index contributed by atoms with van der Waals surface area (Å²) in [5.41, 5.74) is 1.32. The van der Waals surface area contributed by atoms with E-state index in [4.69, 9.17) is 27.6 Å². The van der Waals surface area contributed by atoms with Crippen molar-refractivity contribution in [3.63, 3.8) is 0 Å². The number of nitrogens with zero attached hydrogens (tertiary/aromatic N) is 2. The molecule has 4 rings (SSSR count). The van der Waals surface area contributed by atoms with Crippen molar-refractivity contribution in [2.24, 2.45) is 0 Å². The molecule has 0 unspecified atom stereocenters. The highest BCUT2D eigenvalue weighted by Crippen LogP contribution is 2.29. The van der Waals surface area contributed by atoms with Crippen LogP contribution in [-0.4, -0.2) is 49.7 Å². The van der Waals surface area contributed by atoms with Crippen LogP contribution >= 0.6 is 23.2 Å². The van der Waals surface area contributed by atoms with Crippen molar-refractivity contribution in [1.29, 1.82) is 0 Å². The molecule has 3 aromatic rings. The van der Waals surface area contributed by atoms with Crippen molar-refractivity contribution in [2.75, 3.05) is 26.2 Å². The molecular formula is C20H18Cl2N2O4S. The monoisotopic (exact) mass is 452 g/mol. The fourth-order valence-electron chi connectivity index (χ4n) is 3.43. The maximum atomic E-state index is 13.0. The van der Waals surface area contributed by atoms with Crippen LogP contribution in [0, 0.1) is 6.92 Å². The molecule has 1 fully saturated rings. The lowest BCUT2D eigenvalue weighted by Gasteiger charge is -2.33. The summed E-state index contributed by atoms with van der Waals surface area (Å²) in [7, 11) is -3.63. The summed E-state index contributed by atoms with van der Waals surface area (Å²) in [4.78, 5) is 14.8. The average molecular weight is 453 g/mol. The Morgan fingerprint density at radius 1 is 0.966 bits per heavy atom. The molecule has 29 heavy (non-hydrogen) atoms. The first-order chi connectivity index (χ1) is 13.8. The molecule has 0 saturated carbocycles. The Labute approximate surface area is 178 Å². The van der Waals surface area contributed by atoms with Gasteiger partial charge in [0.05, 0.1) is 4.90 Å². The molecule has 0 atom stereocenters. The molecule has 152 valence electrons. The van der Waals surface area contributed by atoms with Gasteiger partial charge in [-0.3, -0.25) is 4.79 Å². The van der Waals surface area contributed by atoms with Crippen molar-refractivity contribution in [3.8, 4) is 0 Å². The number of sulfonamides is 1. The predicted octanol–water partition coefficient (Wildman–Crippen LogP) is 4.19. The maximum Gasteiger partial charge on any atom is 0.289 e. The zero-order valence-electron chi connectivity index (χ0n) is 15.6. The molecule has 2 heterocycles. The van der Waals surface area contributed by atoms with Crippen molar-refractivity contribution in [2.45, 2.75) is 11.8 Å². The van der Waals surface area contributed by atoms with E-state index in [2.05, 4.69) is 0 Å². The summed E-state index contributed by atoms with van der Waals surface area (Å²) < 4.78 is 32.7. The zero-order valence-corrected chi connectivity index (χ0v) is 17.9. The lowest BCUT2D eigenvalue weighted by Crippen LogP contribution is -2.50. The minimum atomic E-state index is -3.63. The van der Waals surface area contributed by atoms with Crippen LogP contribution in [0.15, 0.2) is 51.8 Å². The average Bonchev–Trinajstić information content (AvgIpc) is 3.04. The van der Waals surface area contributed by atoms with E-state index >= 15 is 0 Å². The van der Waals surface area contributed by atoms with Gasteiger partial charge in [0.1, 0.15) is 5.58 Å². The van der Waals surface area contributed by atoms with Crippen molar-refractivity contribution in [3.05, 3.63) is 63.8 Å². The van der Waals surface area contributed by atoms with E-state index in [1.807, 2.05) is 6.92 Å². The molecule has 1 aliphatic heterocycles. The van der Waals surface area contributed by atoms with Crippen LogP contribution in [0.2, 0.25) is 10.0 Å². The minimum absolute atomic E-state index is 0.187. The Balaban J connectivity index is 1.50. The van der Waals surface area contributed by atoms with Crippen LogP contribution < -0.4 is 0 Å². The SMILES string of the molecule is Cc1c(C(=O)N2CCN(S(=O)(=O)c3ccc(Cl)cc3)CC2)oc2ccc(Cl)cc12. The Bertz CT molecular complexity index is 1180. The normalized spacial score (nSPS) is 15.8. The summed E-state index contributed by atoms with van der Waals surface area (Å²) in [5.74, 6) is 0.00892. The predicted molar refractivity (Wildman–Crippen MR) is 112 cm³/mol. The summed E-state index contributed by atoms with van der Waals surface area (Å²) >= 11 is 11.9. The van der Waals surface area contributed by atoms with Crippen molar-refractivity contribution < 1.29 is 17.6 Å². The number of hydrogen-bond acceptors (Lipinski definition) is 4. The zero-order chi connectivity index (χ0) is 20.8. The Morgan fingerprint density at radius 3 is 2.24 bits per heavy atom. The van der Waals surface area contributed by atoms with Crippen LogP contribution in [0.4, 0.5) is 0 Å². The number of benzene rings is 2. The number of furan rings is 1. The van der Waals surface area contributed by atoms with Crippen LogP contribution in [-0.2, 0) is 10.0 Å². The second-order valence-electron chi connectivity index (χ2n) is 6.85. The molecule has 2 aromatic carbocycles. The number of aryl methyl sites for hydroxylation is 1. The first-order valence-corrected chi connectivity index (χ1v) is 11.2. The smallest absolute Gasteiger partial charge is 0.289 e. The Hall–Kier alpha value is -2.06. The van der Waals surface area contributed by atoms with E-state index < -0.39 is 10.0 Å². The van der Waals surface area contributed by atoms with E-state index in [9.17, 15) is 13.2 Å². The fourth-order valence-corrected chi connectivity index (χ4v) is 5.15. The highest BCUT2D eigenvalue weighted by Gasteiger charge is 2.32. The third-order valence-electron chi connectivity index (χ3n) is 5.07. The number of hydrogen-bond donors (Lipinski definition) is 0. The molecule has 0 bridgehead atoms. The number of fused-ring (bicyclic) bond motifs is 1. The minimum Gasteiger partial charge on any atom is -0.451 e. The topological polar surface area (TPSA) is 70.8 Å². The summed E-state index contributed by atoms with van der Waals surface area (Å²) in [6.45, 7) is 2.80. The van der Waals surface area contributed by atoms with Gasteiger partial charge in [-0.1, -0.05) is 23.2 Å². The molecule has 1 aliphatic rings. The van der Waals surface area contributed by atoms with Gasteiger partial charge >= 0.3 is 0 Å². The largest absolute Gasteiger partial charge is 0.451 e. The Morgan fingerprint density at radius 2 is 1.59 bits per heavy atom. The maximum absolute atomic E-state index is 13.0. The summed E-state index contributed by atoms with van der Waals surface area (Å²) in [6, 6.07) is 11.3. The van der Waals surface area contributed by atoms with Gasteiger partial charge in [0.2, 0.25) is 10.0 Å². The first-order valence-electron chi connectivity index (χ1n) is 9.01. The highest BCUT2D eigenvalue weighted by atomic mass is 35.5. The molecular weight excluding hydrogens is 435 g/mol. The van der Waals surface area contributed by atoms with Crippen LogP contribution in [0.3, 0.4) is 0 Å².